The van der Waals surface area contributed by atoms with E-state index in [4.69, 9.17) is 0 Å². The Bertz CT molecular complexity index is 1360. The highest BCUT2D eigenvalue weighted by atomic mass is 16.2. The zero-order chi connectivity index (χ0) is 22.1. The molecule has 32 heavy (non-hydrogen) atoms. The van der Waals surface area contributed by atoms with E-state index in [-0.39, 0.29) is 29.6 Å². The van der Waals surface area contributed by atoms with Crippen LogP contribution < -0.4 is 5.32 Å². The number of carbonyl (C=O) groups excluding carboxylic acids is 3. The van der Waals surface area contributed by atoms with Crippen molar-refractivity contribution in [3.8, 4) is 0 Å². The molecule has 4 aromatic rings. The average Bonchev–Trinajstić information content (AvgIpc) is 3.29. The Balaban J connectivity index is 1.44. The van der Waals surface area contributed by atoms with Crippen LogP contribution in [0.4, 0.5) is 0 Å². The number of nitrogens with zero attached hydrogens (tertiary/aromatic N) is 1. The van der Waals surface area contributed by atoms with E-state index in [9.17, 15) is 14.4 Å². The highest BCUT2D eigenvalue weighted by Crippen LogP contribution is 2.30. The fourth-order valence-electron chi connectivity index (χ4n) is 4.09. The summed E-state index contributed by atoms with van der Waals surface area (Å²) in [7, 11) is 0. The third kappa shape index (κ3) is 3.54. The lowest BCUT2D eigenvalue weighted by atomic mass is 10.1. The summed E-state index contributed by atoms with van der Waals surface area (Å²) >= 11 is 0. The van der Waals surface area contributed by atoms with Crippen molar-refractivity contribution in [2.24, 2.45) is 0 Å². The van der Waals surface area contributed by atoms with Crippen LogP contribution in [-0.4, -0.2) is 22.0 Å². The number of fused-ring (bicyclic) bond motifs is 2. The molecule has 0 spiro atoms. The second-order valence-corrected chi connectivity index (χ2v) is 7.75. The molecule has 156 valence electrons. The standard InChI is InChI=1S/C27H20N2O3/c30-25(28-15-18-8-2-1-3-9-18)17-29-16-19(20-10-6-7-13-24(20)29)14-23-26(31)21-11-4-5-12-22(21)27(23)32/h1-14,16H,15,17H2,(H,28,30). The Morgan fingerprint density at radius 1 is 0.812 bits per heavy atom. The molecule has 0 saturated carbocycles. The van der Waals surface area contributed by atoms with Crippen molar-refractivity contribution in [1.82, 2.24) is 9.88 Å². The van der Waals surface area contributed by atoms with Crippen molar-refractivity contribution in [3.05, 3.63) is 113 Å². The predicted octanol–water partition coefficient (Wildman–Crippen LogP) is 4.42. The number of hydrogen-bond acceptors (Lipinski definition) is 3. The minimum absolute atomic E-state index is 0.116. The smallest absolute Gasteiger partial charge is 0.240 e. The molecule has 3 aromatic carbocycles. The fourth-order valence-corrected chi connectivity index (χ4v) is 4.09. The highest BCUT2D eigenvalue weighted by molar-refractivity contribution is 6.41. The summed E-state index contributed by atoms with van der Waals surface area (Å²) in [5.74, 6) is -0.639. The maximum Gasteiger partial charge on any atom is 0.240 e. The van der Waals surface area contributed by atoms with Crippen molar-refractivity contribution in [1.29, 1.82) is 0 Å². The third-order valence-corrected chi connectivity index (χ3v) is 5.67. The van der Waals surface area contributed by atoms with Crippen LogP contribution in [0.15, 0.2) is 90.6 Å². The Morgan fingerprint density at radius 3 is 2.16 bits per heavy atom. The fraction of sp³-hybridized carbons (Fsp3) is 0.0741. The van der Waals surface area contributed by atoms with E-state index in [1.807, 2.05) is 65.4 Å². The van der Waals surface area contributed by atoms with Crippen LogP contribution in [0.5, 0.6) is 0 Å². The van der Waals surface area contributed by atoms with Crippen LogP contribution in [-0.2, 0) is 17.9 Å². The molecule has 0 bridgehead atoms. The molecule has 1 aromatic heterocycles. The Morgan fingerprint density at radius 2 is 1.44 bits per heavy atom. The molecule has 1 amide bonds. The molecular formula is C27H20N2O3. The number of Topliss-reactive ketones (excluding diaryl/α,β-unsaturated/α-hetero) is 2. The Hall–Kier alpha value is -4.25. The molecule has 1 aliphatic rings. The topological polar surface area (TPSA) is 68.2 Å². The summed E-state index contributed by atoms with van der Waals surface area (Å²) in [6.07, 6.45) is 3.47. The van der Waals surface area contributed by atoms with Gasteiger partial charge in [0, 0.05) is 40.3 Å². The van der Waals surface area contributed by atoms with Crippen molar-refractivity contribution in [3.63, 3.8) is 0 Å². The molecule has 0 aliphatic heterocycles. The molecule has 1 N–H and O–H groups in total. The van der Waals surface area contributed by atoms with E-state index >= 15 is 0 Å². The number of ketones is 2. The van der Waals surface area contributed by atoms with Crippen LogP contribution in [0, 0.1) is 0 Å². The lowest BCUT2D eigenvalue weighted by Gasteiger charge is -2.07. The van der Waals surface area contributed by atoms with E-state index in [1.165, 1.54) is 0 Å². The number of nitrogens with one attached hydrogen (secondary N) is 1. The van der Waals surface area contributed by atoms with Crippen LogP contribution >= 0.6 is 0 Å². The first-order valence-electron chi connectivity index (χ1n) is 10.4. The van der Waals surface area contributed by atoms with Crippen molar-refractivity contribution >= 4 is 34.5 Å². The lowest BCUT2D eigenvalue weighted by molar-refractivity contribution is -0.121. The quantitative estimate of drug-likeness (QED) is 0.384. The molecule has 1 aliphatic carbocycles. The number of hydrogen-bond donors (Lipinski definition) is 1. The lowest BCUT2D eigenvalue weighted by Crippen LogP contribution is -2.26. The number of carbonyl (C=O) groups is 3. The molecule has 0 saturated heterocycles. The van der Waals surface area contributed by atoms with Gasteiger partial charge in [-0.25, -0.2) is 0 Å². The first kappa shape index (κ1) is 19.7. The number of para-hydroxylation sites is 1. The zero-order valence-electron chi connectivity index (χ0n) is 17.2. The van der Waals surface area contributed by atoms with Crippen molar-refractivity contribution in [2.45, 2.75) is 13.1 Å². The normalized spacial score (nSPS) is 12.8. The summed E-state index contributed by atoms with van der Waals surface area (Å²) in [5, 5.41) is 3.82. The van der Waals surface area contributed by atoms with Gasteiger partial charge >= 0.3 is 0 Å². The summed E-state index contributed by atoms with van der Waals surface area (Å²) in [5.41, 5.74) is 3.66. The summed E-state index contributed by atoms with van der Waals surface area (Å²) in [4.78, 5) is 38.2. The van der Waals surface area contributed by atoms with Gasteiger partial charge in [0.2, 0.25) is 5.91 Å². The van der Waals surface area contributed by atoms with Gasteiger partial charge in [0.05, 0.1) is 5.57 Å². The summed E-state index contributed by atoms with van der Waals surface area (Å²) < 4.78 is 1.85. The van der Waals surface area contributed by atoms with Crippen LogP contribution in [0.2, 0.25) is 0 Å². The maximum absolute atomic E-state index is 12.8. The SMILES string of the molecule is O=C(Cn1cc(C=C2C(=O)c3ccccc3C2=O)c2ccccc21)NCc1ccccc1. The van der Waals surface area contributed by atoms with Crippen molar-refractivity contribution < 1.29 is 14.4 Å². The molecular weight excluding hydrogens is 400 g/mol. The predicted molar refractivity (Wildman–Crippen MR) is 123 cm³/mol. The number of amides is 1. The second-order valence-electron chi connectivity index (χ2n) is 7.75. The Labute approximate surface area is 185 Å². The van der Waals surface area contributed by atoms with Crippen molar-refractivity contribution in [2.75, 3.05) is 0 Å². The maximum atomic E-state index is 12.8. The zero-order valence-corrected chi connectivity index (χ0v) is 17.2. The highest BCUT2D eigenvalue weighted by Gasteiger charge is 2.32. The van der Waals surface area contributed by atoms with Gasteiger partial charge in [0.25, 0.3) is 0 Å². The molecule has 0 atom stereocenters. The van der Waals surface area contributed by atoms with Gasteiger partial charge in [-0.15, -0.1) is 0 Å². The molecule has 5 heteroatoms. The second kappa shape index (κ2) is 8.12. The van der Waals surface area contributed by atoms with Gasteiger partial charge in [-0.3, -0.25) is 14.4 Å². The summed E-state index contributed by atoms with van der Waals surface area (Å²) in [6.45, 7) is 0.593. The van der Waals surface area contributed by atoms with Gasteiger partial charge in [-0.1, -0.05) is 72.8 Å². The average molecular weight is 420 g/mol. The van der Waals surface area contributed by atoms with E-state index in [0.29, 0.717) is 17.7 Å². The molecule has 5 nitrogen and oxygen atoms in total. The van der Waals surface area contributed by atoms with E-state index in [1.54, 1.807) is 30.3 Å². The third-order valence-electron chi connectivity index (χ3n) is 5.67. The molecule has 0 fully saturated rings. The molecule has 1 heterocycles. The number of benzene rings is 3. The largest absolute Gasteiger partial charge is 0.350 e. The van der Waals surface area contributed by atoms with E-state index in [0.717, 1.165) is 22.0 Å². The van der Waals surface area contributed by atoms with E-state index < -0.39 is 0 Å². The molecule has 5 rings (SSSR count). The van der Waals surface area contributed by atoms with Gasteiger partial charge in [-0.05, 0) is 17.7 Å². The van der Waals surface area contributed by atoms with Gasteiger partial charge < -0.3 is 9.88 Å². The monoisotopic (exact) mass is 420 g/mol. The minimum Gasteiger partial charge on any atom is -0.350 e. The van der Waals surface area contributed by atoms with Gasteiger partial charge in [0.1, 0.15) is 6.54 Å². The summed E-state index contributed by atoms with van der Waals surface area (Å²) in [6, 6.07) is 24.3. The minimum atomic E-state index is -0.261. The van der Waals surface area contributed by atoms with Crippen LogP contribution in [0.25, 0.3) is 17.0 Å². The van der Waals surface area contributed by atoms with E-state index in [2.05, 4.69) is 5.32 Å². The first-order valence-corrected chi connectivity index (χ1v) is 10.4. The Kier molecular flexibility index (Phi) is 5.00. The first-order chi connectivity index (χ1) is 15.6. The number of aromatic nitrogens is 1. The van der Waals surface area contributed by atoms with Crippen LogP contribution in [0.1, 0.15) is 31.8 Å². The molecule has 0 radical (unpaired) electrons. The van der Waals surface area contributed by atoms with Gasteiger partial charge in [-0.2, -0.15) is 0 Å². The molecule has 0 unspecified atom stereocenters. The number of rotatable bonds is 5. The number of allylic oxidation sites excluding steroid dienone is 1. The van der Waals surface area contributed by atoms with Crippen LogP contribution in [0.3, 0.4) is 0 Å². The van der Waals surface area contributed by atoms with Gasteiger partial charge in [0.15, 0.2) is 11.6 Å².